The van der Waals surface area contributed by atoms with Gasteiger partial charge in [-0.05, 0) is 41.6 Å². The van der Waals surface area contributed by atoms with Crippen LogP contribution in [0.15, 0.2) is 68.4 Å². The average Bonchev–Trinajstić information content (AvgIpc) is 3.29. The molecule has 0 unspecified atom stereocenters. The van der Waals surface area contributed by atoms with Crippen LogP contribution >= 0.6 is 39.3 Å². The Balaban J connectivity index is 1.56. The monoisotopic (exact) mass is 518 g/mol. The number of thioether (sulfide) groups is 1. The number of carbonyl (C=O) groups is 2. The lowest BCUT2D eigenvalue weighted by Gasteiger charge is -2.13. The fourth-order valence-corrected chi connectivity index (χ4v) is 4.45. The molecule has 0 spiro atoms. The van der Waals surface area contributed by atoms with E-state index in [9.17, 15) is 19.7 Å². The van der Waals surface area contributed by atoms with Crippen molar-refractivity contribution in [1.82, 2.24) is 4.90 Å². The van der Waals surface area contributed by atoms with Crippen molar-refractivity contribution in [3.63, 3.8) is 0 Å². The maximum atomic E-state index is 12.7. The van der Waals surface area contributed by atoms with Gasteiger partial charge in [-0.15, -0.1) is 0 Å². The van der Waals surface area contributed by atoms with Crippen LogP contribution in [0, 0.1) is 10.1 Å². The summed E-state index contributed by atoms with van der Waals surface area (Å²) in [4.78, 5) is 36.9. The molecule has 1 aliphatic rings. The Morgan fingerprint density at radius 2 is 1.94 bits per heavy atom. The Labute approximate surface area is 193 Å². The molecule has 2 amide bonds. The molecule has 31 heavy (non-hydrogen) atoms. The number of furan rings is 1. The lowest BCUT2D eigenvalue weighted by molar-refractivity contribution is -0.384. The van der Waals surface area contributed by atoms with Crippen LogP contribution in [0.2, 0.25) is 5.02 Å². The molecule has 1 saturated heterocycles. The molecule has 0 bridgehead atoms. The predicted molar refractivity (Wildman–Crippen MR) is 121 cm³/mol. The highest BCUT2D eigenvalue weighted by atomic mass is 79.9. The smallest absolute Gasteiger partial charge is 0.293 e. The standard InChI is InChI=1S/C21H12BrClN2O5S/c22-16-4-2-1-3-12(16)11-24-20(26)19(31-21(24)27)10-14-6-8-18(30-14)15-7-5-13(25(28)29)9-17(15)23/h1-10H,11H2/b19-10-. The Hall–Kier alpha value is -2.88. The van der Waals surface area contributed by atoms with Crippen LogP contribution < -0.4 is 0 Å². The zero-order valence-corrected chi connectivity index (χ0v) is 18.7. The van der Waals surface area contributed by atoms with Crippen molar-refractivity contribution in [3.8, 4) is 11.3 Å². The number of benzene rings is 2. The van der Waals surface area contributed by atoms with Gasteiger partial charge in [0.15, 0.2) is 0 Å². The third kappa shape index (κ3) is 4.43. The van der Waals surface area contributed by atoms with E-state index in [1.54, 1.807) is 12.1 Å². The van der Waals surface area contributed by atoms with E-state index in [1.165, 1.54) is 29.2 Å². The molecular weight excluding hydrogens is 508 g/mol. The number of carbonyl (C=O) groups excluding carboxylic acids is 2. The third-order valence-electron chi connectivity index (χ3n) is 4.49. The van der Waals surface area contributed by atoms with Gasteiger partial charge >= 0.3 is 0 Å². The summed E-state index contributed by atoms with van der Waals surface area (Å²) in [6.45, 7) is 0.158. The van der Waals surface area contributed by atoms with E-state index in [4.69, 9.17) is 16.0 Å². The van der Waals surface area contributed by atoms with Gasteiger partial charge in [0.05, 0.1) is 21.4 Å². The first-order chi connectivity index (χ1) is 14.8. The van der Waals surface area contributed by atoms with E-state index < -0.39 is 10.8 Å². The van der Waals surface area contributed by atoms with Crippen LogP contribution in [0.3, 0.4) is 0 Å². The summed E-state index contributed by atoms with van der Waals surface area (Å²) in [6, 6.07) is 14.7. The fraction of sp³-hybridized carbons (Fsp3) is 0.0476. The average molecular weight is 520 g/mol. The van der Waals surface area contributed by atoms with E-state index in [0.717, 1.165) is 21.8 Å². The summed E-state index contributed by atoms with van der Waals surface area (Å²) in [5.74, 6) is 0.339. The quantitative estimate of drug-likeness (QED) is 0.217. The van der Waals surface area contributed by atoms with E-state index >= 15 is 0 Å². The first kappa shape index (κ1) is 21.4. The van der Waals surface area contributed by atoms with E-state index in [0.29, 0.717) is 17.1 Å². The SMILES string of the molecule is O=C1S/C(=C\c2ccc(-c3ccc([N+](=O)[O-])cc3Cl)o2)C(=O)N1Cc1ccccc1Br. The number of rotatable bonds is 5. The van der Waals surface area contributed by atoms with Gasteiger partial charge in [0.25, 0.3) is 16.8 Å². The van der Waals surface area contributed by atoms with Gasteiger partial charge in [0.2, 0.25) is 0 Å². The number of imide groups is 1. The number of nitro groups is 1. The highest BCUT2D eigenvalue weighted by Gasteiger charge is 2.35. The molecule has 1 fully saturated rings. The zero-order valence-electron chi connectivity index (χ0n) is 15.6. The number of amides is 2. The maximum Gasteiger partial charge on any atom is 0.293 e. The first-order valence-corrected chi connectivity index (χ1v) is 10.8. The molecule has 0 saturated carbocycles. The molecule has 0 aliphatic carbocycles. The van der Waals surface area contributed by atoms with Crippen molar-refractivity contribution in [2.45, 2.75) is 6.54 Å². The van der Waals surface area contributed by atoms with Crippen molar-refractivity contribution < 1.29 is 18.9 Å². The van der Waals surface area contributed by atoms with Crippen LogP contribution in [-0.4, -0.2) is 21.0 Å². The zero-order chi connectivity index (χ0) is 22.1. The van der Waals surface area contributed by atoms with Crippen LogP contribution in [0.5, 0.6) is 0 Å². The second kappa shape index (κ2) is 8.70. The minimum absolute atomic E-state index is 0.126. The van der Waals surface area contributed by atoms with Gasteiger partial charge in [0.1, 0.15) is 11.5 Å². The summed E-state index contributed by atoms with van der Waals surface area (Å²) >= 11 is 10.4. The summed E-state index contributed by atoms with van der Waals surface area (Å²) in [6.07, 6.45) is 1.49. The van der Waals surface area contributed by atoms with Crippen molar-refractivity contribution in [3.05, 3.63) is 90.4 Å². The number of halogens is 2. The molecule has 7 nitrogen and oxygen atoms in total. The maximum absolute atomic E-state index is 12.7. The summed E-state index contributed by atoms with van der Waals surface area (Å²) in [7, 11) is 0. The van der Waals surface area contributed by atoms with Gasteiger partial charge in [-0.1, -0.05) is 45.7 Å². The topological polar surface area (TPSA) is 93.7 Å². The van der Waals surface area contributed by atoms with Gasteiger partial charge in [0, 0.05) is 28.2 Å². The van der Waals surface area contributed by atoms with Crippen LogP contribution in [0.4, 0.5) is 10.5 Å². The molecule has 0 atom stereocenters. The highest BCUT2D eigenvalue weighted by molar-refractivity contribution is 9.10. The molecule has 3 aromatic rings. The van der Waals surface area contributed by atoms with E-state index in [2.05, 4.69) is 15.9 Å². The molecule has 2 heterocycles. The van der Waals surface area contributed by atoms with Crippen molar-refractivity contribution in [2.24, 2.45) is 0 Å². The fourth-order valence-electron chi connectivity index (χ4n) is 2.96. The Morgan fingerprint density at radius 1 is 1.16 bits per heavy atom. The minimum atomic E-state index is -0.534. The van der Waals surface area contributed by atoms with Gasteiger partial charge in [-0.3, -0.25) is 24.6 Å². The van der Waals surface area contributed by atoms with Crippen LogP contribution in [-0.2, 0) is 11.3 Å². The summed E-state index contributed by atoms with van der Waals surface area (Å²) < 4.78 is 6.55. The van der Waals surface area contributed by atoms with Crippen molar-refractivity contribution in [2.75, 3.05) is 0 Å². The largest absolute Gasteiger partial charge is 0.457 e. The molecule has 0 radical (unpaired) electrons. The number of nitrogens with zero attached hydrogens (tertiary/aromatic N) is 2. The molecule has 2 aromatic carbocycles. The van der Waals surface area contributed by atoms with Gasteiger partial charge in [-0.25, -0.2) is 0 Å². The van der Waals surface area contributed by atoms with Crippen molar-refractivity contribution in [1.29, 1.82) is 0 Å². The number of non-ortho nitro benzene ring substituents is 1. The summed E-state index contributed by atoms with van der Waals surface area (Å²) in [5.41, 5.74) is 1.17. The second-order valence-corrected chi connectivity index (χ2v) is 8.74. The van der Waals surface area contributed by atoms with Gasteiger partial charge in [-0.2, -0.15) is 0 Å². The summed E-state index contributed by atoms with van der Waals surface area (Å²) in [5, 5.41) is 10.7. The third-order valence-corrected chi connectivity index (χ3v) is 6.48. The lowest BCUT2D eigenvalue weighted by atomic mass is 10.1. The molecule has 4 rings (SSSR count). The molecule has 1 aliphatic heterocycles. The number of nitro benzene ring substituents is 1. The predicted octanol–water partition coefficient (Wildman–Crippen LogP) is 6.51. The van der Waals surface area contributed by atoms with Gasteiger partial charge < -0.3 is 4.42 Å². The van der Waals surface area contributed by atoms with Crippen molar-refractivity contribution >= 4 is 62.2 Å². The van der Waals surface area contributed by atoms with Crippen LogP contribution in [0.1, 0.15) is 11.3 Å². The Morgan fingerprint density at radius 3 is 2.65 bits per heavy atom. The number of hydrogen-bond donors (Lipinski definition) is 0. The molecule has 156 valence electrons. The van der Waals surface area contributed by atoms with E-state index in [-0.39, 0.29) is 27.4 Å². The minimum Gasteiger partial charge on any atom is -0.457 e. The Kier molecular flexibility index (Phi) is 5.99. The van der Waals surface area contributed by atoms with E-state index in [1.807, 2.05) is 24.3 Å². The normalized spacial score (nSPS) is 15.2. The Bertz CT molecular complexity index is 1260. The van der Waals surface area contributed by atoms with Crippen LogP contribution in [0.25, 0.3) is 17.4 Å². The molecular formula is C21H12BrClN2O5S. The molecule has 0 N–H and O–H groups in total. The molecule has 1 aromatic heterocycles. The molecule has 10 heteroatoms. The second-order valence-electron chi connectivity index (χ2n) is 6.48. The lowest BCUT2D eigenvalue weighted by Crippen LogP contribution is -2.27. The first-order valence-electron chi connectivity index (χ1n) is 8.86. The highest BCUT2D eigenvalue weighted by Crippen LogP contribution is 2.36. The number of hydrogen-bond acceptors (Lipinski definition) is 6.